The molecule has 10 heteroatoms. The molecule has 0 aromatic carbocycles. The van der Waals surface area contributed by atoms with Gasteiger partial charge in [-0.3, -0.25) is 4.79 Å². The molecular formula is C20H43N3O5Si2. The Labute approximate surface area is 184 Å². The van der Waals surface area contributed by atoms with E-state index in [9.17, 15) is 14.4 Å². The molecule has 0 radical (unpaired) electrons. The number of esters is 1. The SMILES string of the molecule is C[Si](C)(C)CCOC(=O)N[C@@H](CCCCNC(=O)CCN)C(=O)OCC[Si](C)(C)C. The van der Waals surface area contributed by atoms with Crippen LogP contribution in [0.1, 0.15) is 25.7 Å². The van der Waals surface area contributed by atoms with Gasteiger partial charge in [-0.05, 0) is 31.4 Å². The Morgan fingerprint density at radius 2 is 1.47 bits per heavy atom. The minimum absolute atomic E-state index is 0.0797. The molecular weight excluding hydrogens is 418 g/mol. The van der Waals surface area contributed by atoms with Crippen LogP contribution in [0.3, 0.4) is 0 Å². The van der Waals surface area contributed by atoms with Crippen LogP contribution in [-0.4, -0.2) is 66.5 Å². The average molecular weight is 462 g/mol. The van der Waals surface area contributed by atoms with E-state index in [4.69, 9.17) is 15.2 Å². The number of nitrogens with one attached hydrogen (secondary N) is 2. The lowest BCUT2D eigenvalue weighted by atomic mass is 10.1. The van der Waals surface area contributed by atoms with E-state index in [1.54, 1.807) is 0 Å². The van der Waals surface area contributed by atoms with Gasteiger partial charge in [-0.15, -0.1) is 0 Å². The van der Waals surface area contributed by atoms with Gasteiger partial charge in [0.2, 0.25) is 5.91 Å². The molecule has 0 rings (SSSR count). The number of alkyl carbamates (subject to hydrolysis) is 1. The number of nitrogens with two attached hydrogens (primary N) is 1. The van der Waals surface area contributed by atoms with E-state index in [1.165, 1.54) is 0 Å². The summed E-state index contributed by atoms with van der Waals surface area (Å²) in [5, 5.41) is 5.44. The molecule has 4 N–H and O–H groups in total. The molecule has 0 aliphatic rings. The molecule has 0 heterocycles. The summed E-state index contributed by atoms with van der Waals surface area (Å²) in [5.74, 6) is -0.508. The van der Waals surface area contributed by atoms with E-state index < -0.39 is 34.3 Å². The first-order valence-corrected chi connectivity index (χ1v) is 18.3. The maximum absolute atomic E-state index is 12.5. The van der Waals surface area contributed by atoms with Gasteiger partial charge in [0, 0.05) is 35.7 Å². The van der Waals surface area contributed by atoms with Gasteiger partial charge in [-0.1, -0.05) is 39.3 Å². The monoisotopic (exact) mass is 461 g/mol. The van der Waals surface area contributed by atoms with Crippen molar-refractivity contribution in [1.82, 2.24) is 10.6 Å². The number of carbonyl (C=O) groups excluding carboxylic acids is 3. The fraction of sp³-hybridized carbons (Fsp3) is 0.850. The number of hydrogen-bond acceptors (Lipinski definition) is 6. The zero-order valence-corrected chi connectivity index (χ0v) is 21.8. The lowest BCUT2D eigenvalue weighted by Gasteiger charge is -2.20. The number of hydrogen-bond donors (Lipinski definition) is 3. The molecule has 0 aliphatic carbocycles. The lowest BCUT2D eigenvalue weighted by molar-refractivity contribution is -0.145. The molecule has 1 atom stereocenters. The summed E-state index contributed by atoms with van der Waals surface area (Å²) in [6.07, 6.45) is 1.50. The molecule has 0 saturated heterocycles. The van der Waals surface area contributed by atoms with Crippen LogP contribution in [-0.2, 0) is 19.1 Å². The summed E-state index contributed by atoms with van der Waals surface area (Å²) < 4.78 is 10.7. The van der Waals surface area contributed by atoms with Crippen LogP contribution in [0.2, 0.25) is 51.4 Å². The molecule has 8 nitrogen and oxygen atoms in total. The standard InChI is InChI=1S/C20H43N3O5Si2/c1-29(2,3)15-13-27-19(25)17(9-7-8-12-22-18(24)10-11-21)23-20(26)28-14-16-30(4,5)6/h17H,7-16,21H2,1-6H3,(H,22,24)(H,23,26)/t17-/m0/s1. The molecule has 0 spiro atoms. The van der Waals surface area contributed by atoms with Crippen molar-refractivity contribution in [2.45, 2.75) is 83.1 Å². The summed E-state index contributed by atoms with van der Waals surface area (Å²) in [6.45, 7) is 14.8. The molecule has 0 aliphatic heterocycles. The Hall–Kier alpha value is -1.40. The van der Waals surface area contributed by atoms with Gasteiger partial charge >= 0.3 is 12.1 Å². The summed E-state index contributed by atoms with van der Waals surface area (Å²) in [5.41, 5.74) is 5.34. The molecule has 0 aromatic heterocycles. The molecule has 30 heavy (non-hydrogen) atoms. The van der Waals surface area contributed by atoms with Crippen LogP contribution < -0.4 is 16.4 Å². The van der Waals surface area contributed by atoms with Crippen LogP contribution in [0.4, 0.5) is 4.79 Å². The van der Waals surface area contributed by atoms with E-state index >= 15 is 0 Å². The molecule has 0 saturated carbocycles. The second-order valence-corrected chi connectivity index (χ2v) is 21.2. The van der Waals surface area contributed by atoms with Crippen LogP contribution in [0, 0.1) is 0 Å². The van der Waals surface area contributed by atoms with Crippen LogP contribution in [0.15, 0.2) is 0 Å². The fourth-order valence-corrected chi connectivity index (χ4v) is 3.79. The van der Waals surface area contributed by atoms with Crippen molar-refractivity contribution in [2.24, 2.45) is 5.73 Å². The van der Waals surface area contributed by atoms with Gasteiger partial charge in [-0.25, -0.2) is 9.59 Å². The number of ether oxygens (including phenoxy) is 2. The van der Waals surface area contributed by atoms with Crippen molar-refractivity contribution in [3.05, 3.63) is 0 Å². The zero-order chi connectivity index (χ0) is 23.2. The highest BCUT2D eigenvalue weighted by Gasteiger charge is 2.24. The van der Waals surface area contributed by atoms with Crippen molar-refractivity contribution < 1.29 is 23.9 Å². The van der Waals surface area contributed by atoms with E-state index in [-0.39, 0.29) is 5.91 Å². The number of rotatable bonds is 15. The Bertz CT molecular complexity index is 534. The summed E-state index contributed by atoms with van der Waals surface area (Å²) in [7, 11) is -2.62. The highest BCUT2D eigenvalue weighted by molar-refractivity contribution is 6.76. The van der Waals surface area contributed by atoms with Gasteiger partial charge in [0.1, 0.15) is 6.04 Å². The Morgan fingerprint density at radius 3 is 2.00 bits per heavy atom. The summed E-state index contributed by atoms with van der Waals surface area (Å²) in [6, 6.07) is 0.999. The summed E-state index contributed by atoms with van der Waals surface area (Å²) in [4.78, 5) is 36.1. The topological polar surface area (TPSA) is 120 Å². The van der Waals surface area contributed by atoms with Crippen molar-refractivity contribution in [3.8, 4) is 0 Å². The molecule has 0 bridgehead atoms. The predicted octanol–water partition coefficient (Wildman–Crippen LogP) is 2.94. The first-order valence-electron chi connectivity index (χ1n) is 10.9. The van der Waals surface area contributed by atoms with E-state index in [0.29, 0.717) is 52.0 Å². The highest BCUT2D eigenvalue weighted by atomic mass is 28.3. The normalized spacial score (nSPS) is 12.8. The first-order chi connectivity index (χ1) is 13.8. The Balaban J connectivity index is 4.54. The van der Waals surface area contributed by atoms with E-state index in [1.807, 2.05) is 0 Å². The predicted molar refractivity (Wildman–Crippen MR) is 126 cm³/mol. The quantitative estimate of drug-likeness (QED) is 0.196. The summed E-state index contributed by atoms with van der Waals surface area (Å²) >= 11 is 0. The second-order valence-electron chi connectivity index (χ2n) is 10.0. The van der Waals surface area contributed by atoms with E-state index in [2.05, 4.69) is 49.9 Å². The molecule has 0 aromatic rings. The fourth-order valence-electron chi connectivity index (χ4n) is 2.36. The zero-order valence-electron chi connectivity index (χ0n) is 19.8. The van der Waals surface area contributed by atoms with Crippen molar-refractivity contribution in [1.29, 1.82) is 0 Å². The van der Waals surface area contributed by atoms with Gasteiger partial charge in [-0.2, -0.15) is 0 Å². The molecule has 176 valence electrons. The minimum atomic E-state index is -1.31. The van der Waals surface area contributed by atoms with Gasteiger partial charge in [0.15, 0.2) is 0 Å². The Kier molecular flexibility index (Phi) is 13.9. The van der Waals surface area contributed by atoms with Crippen molar-refractivity contribution in [3.63, 3.8) is 0 Å². The highest BCUT2D eigenvalue weighted by Crippen LogP contribution is 2.10. The third-order valence-electron chi connectivity index (χ3n) is 4.37. The van der Waals surface area contributed by atoms with Gasteiger partial charge in [0.05, 0.1) is 13.2 Å². The maximum Gasteiger partial charge on any atom is 0.407 e. The third kappa shape index (κ3) is 17.5. The smallest absolute Gasteiger partial charge is 0.407 e. The third-order valence-corrected chi connectivity index (χ3v) is 7.78. The molecule has 0 fully saturated rings. The van der Waals surface area contributed by atoms with Crippen molar-refractivity contribution in [2.75, 3.05) is 26.3 Å². The van der Waals surface area contributed by atoms with Crippen LogP contribution >= 0.6 is 0 Å². The number of unbranched alkanes of at least 4 members (excludes halogenated alkanes) is 1. The first kappa shape index (κ1) is 28.6. The largest absolute Gasteiger partial charge is 0.464 e. The number of carbonyl (C=O) groups is 3. The second kappa shape index (κ2) is 14.6. The average Bonchev–Trinajstić information content (AvgIpc) is 2.58. The molecule has 0 unspecified atom stereocenters. The van der Waals surface area contributed by atoms with E-state index in [0.717, 1.165) is 12.1 Å². The van der Waals surface area contributed by atoms with Crippen LogP contribution in [0.5, 0.6) is 0 Å². The number of amides is 2. The van der Waals surface area contributed by atoms with Gasteiger partial charge < -0.3 is 25.8 Å². The van der Waals surface area contributed by atoms with Crippen LogP contribution in [0.25, 0.3) is 0 Å². The maximum atomic E-state index is 12.5. The molecule has 2 amide bonds. The van der Waals surface area contributed by atoms with Crippen molar-refractivity contribution >= 4 is 34.1 Å². The van der Waals surface area contributed by atoms with Gasteiger partial charge in [0.25, 0.3) is 0 Å². The minimum Gasteiger partial charge on any atom is -0.464 e. The lowest BCUT2D eigenvalue weighted by Crippen LogP contribution is -2.43. The Morgan fingerprint density at radius 1 is 0.900 bits per heavy atom.